The number of aliphatic hydroxyl groups is 5. The molecule has 7 unspecified atom stereocenters. The fourth-order valence-corrected chi connectivity index (χ4v) is 4.20. The fraction of sp³-hybridized carbons (Fsp3) is 0.889. The van der Waals surface area contributed by atoms with Gasteiger partial charge in [0.05, 0.1) is 25.4 Å². The number of rotatable bonds is 20. The summed E-state index contributed by atoms with van der Waals surface area (Å²) in [6, 6.07) is -0.790. The molecule has 1 rings (SSSR count). The number of ether oxygens (including phenoxy) is 2. The summed E-state index contributed by atoms with van der Waals surface area (Å²) in [5.74, 6) is -0.193. The maximum absolute atomic E-state index is 12.6. The quantitative estimate of drug-likeness (QED) is 0.106. The number of hydrogen-bond acceptors (Lipinski definition) is 8. The summed E-state index contributed by atoms with van der Waals surface area (Å²) in [5, 5.41) is 52.9. The molecule has 9 heteroatoms. The lowest BCUT2D eigenvalue weighted by Crippen LogP contribution is -2.60. The van der Waals surface area contributed by atoms with Crippen molar-refractivity contribution in [3.63, 3.8) is 0 Å². The molecule has 0 spiro atoms. The molecule has 7 atom stereocenters. The van der Waals surface area contributed by atoms with Crippen LogP contribution in [0, 0.1) is 0 Å². The second kappa shape index (κ2) is 20.0. The molecule has 0 aromatic heterocycles. The number of aliphatic hydroxyl groups excluding tert-OH is 5. The van der Waals surface area contributed by atoms with Crippen LogP contribution in [0.25, 0.3) is 0 Å². The van der Waals surface area contributed by atoms with Gasteiger partial charge in [0.2, 0.25) is 5.91 Å². The Labute approximate surface area is 216 Å². The minimum absolute atomic E-state index is 0.189. The highest BCUT2D eigenvalue weighted by molar-refractivity contribution is 5.76. The highest BCUT2D eigenvalue weighted by Crippen LogP contribution is 2.22. The monoisotopic (exact) mass is 517 g/mol. The molecule has 36 heavy (non-hydrogen) atoms. The fourth-order valence-electron chi connectivity index (χ4n) is 4.20. The Morgan fingerprint density at radius 1 is 0.917 bits per heavy atom. The van der Waals surface area contributed by atoms with Gasteiger partial charge in [-0.2, -0.15) is 0 Å². The predicted molar refractivity (Wildman–Crippen MR) is 138 cm³/mol. The standard InChI is InChI=1S/C27H51NO8/c1-3-5-7-9-10-11-12-13-15-17-23(31)28-20(21(30)16-14-8-6-4-2)19-35-27-26(34)25(33)24(32)22(18-29)36-27/h14,16,20-22,24-27,29-30,32-34H,3-13,15,17-19H2,1-2H3,(H,28,31)/b16-14+. The molecule has 0 aromatic carbocycles. The molecule has 9 nitrogen and oxygen atoms in total. The zero-order chi connectivity index (χ0) is 26.8. The molecule has 1 amide bonds. The van der Waals surface area contributed by atoms with E-state index in [1.54, 1.807) is 6.08 Å². The van der Waals surface area contributed by atoms with Crippen molar-refractivity contribution < 1.29 is 39.8 Å². The lowest BCUT2D eigenvalue weighted by molar-refractivity contribution is -0.302. The van der Waals surface area contributed by atoms with Gasteiger partial charge in [-0.3, -0.25) is 4.79 Å². The zero-order valence-corrected chi connectivity index (χ0v) is 22.3. The Balaban J connectivity index is 2.55. The van der Waals surface area contributed by atoms with Crippen molar-refractivity contribution >= 4 is 5.91 Å². The highest BCUT2D eigenvalue weighted by Gasteiger charge is 2.44. The average molecular weight is 518 g/mol. The summed E-state index contributed by atoms with van der Waals surface area (Å²) in [5.41, 5.74) is 0. The summed E-state index contributed by atoms with van der Waals surface area (Å²) < 4.78 is 11.0. The molecule has 0 radical (unpaired) electrons. The third kappa shape index (κ3) is 12.9. The van der Waals surface area contributed by atoms with Crippen molar-refractivity contribution in [2.75, 3.05) is 13.2 Å². The van der Waals surface area contributed by atoms with Crippen molar-refractivity contribution in [2.45, 2.75) is 140 Å². The van der Waals surface area contributed by atoms with E-state index >= 15 is 0 Å². The van der Waals surface area contributed by atoms with Gasteiger partial charge in [0.25, 0.3) is 0 Å². The largest absolute Gasteiger partial charge is 0.394 e. The van der Waals surface area contributed by atoms with Gasteiger partial charge >= 0.3 is 0 Å². The molecule has 212 valence electrons. The Kier molecular flexibility index (Phi) is 18.3. The summed E-state index contributed by atoms with van der Waals surface area (Å²) in [4.78, 5) is 12.6. The van der Waals surface area contributed by atoms with Crippen LogP contribution in [0.1, 0.15) is 97.3 Å². The molecule has 1 heterocycles. The first-order valence-electron chi connectivity index (χ1n) is 13.9. The van der Waals surface area contributed by atoms with Gasteiger partial charge in [-0.15, -0.1) is 0 Å². The molecule has 1 aliphatic rings. The Hall–Kier alpha value is -1.07. The Bertz CT molecular complexity index is 588. The lowest BCUT2D eigenvalue weighted by Gasteiger charge is -2.40. The third-order valence-electron chi connectivity index (χ3n) is 6.61. The minimum Gasteiger partial charge on any atom is -0.394 e. The first-order chi connectivity index (χ1) is 17.3. The maximum atomic E-state index is 12.6. The topological polar surface area (TPSA) is 149 Å². The number of nitrogens with one attached hydrogen (secondary N) is 1. The third-order valence-corrected chi connectivity index (χ3v) is 6.61. The van der Waals surface area contributed by atoms with E-state index in [1.807, 2.05) is 6.08 Å². The van der Waals surface area contributed by atoms with Crippen molar-refractivity contribution in [3.8, 4) is 0 Å². The summed E-state index contributed by atoms with van der Waals surface area (Å²) >= 11 is 0. The van der Waals surface area contributed by atoms with Crippen LogP contribution >= 0.6 is 0 Å². The molecule has 6 N–H and O–H groups in total. The second-order valence-corrected chi connectivity index (χ2v) is 9.84. The van der Waals surface area contributed by atoms with Crippen LogP contribution in [0.2, 0.25) is 0 Å². The van der Waals surface area contributed by atoms with Gasteiger partial charge in [-0.25, -0.2) is 0 Å². The van der Waals surface area contributed by atoms with E-state index < -0.39 is 49.5 Å². The summed E-state index contributed by atoms with van der Waals surface area (Å²) in [6.07, 6.45) is 9.00. The van der Waals surface area contributed by atoms with Crippen LogP contribution < -0.4 is 5.32 Å². The van der Waals surface area contributed by atoms with Gasteiger partial charge < -0.3 is 40.3 Å². The SMILES string of the molecule is CCCC/C=C/C(O)C(COC1OC(CO)C(O)C(O)C1O)NC(=O)CCCCCCCCCCC. The van der Waals surface area contributed by atoms with Gasteiger partial charge in [0, 0.05) is 6.42 Å². The molecular formula is C27H51NO8. The van der Waals surface area contributed by atoms with Crippen molar-refractivity contribution in [3.05, 3.63) is 12.2 Å². The Morgan fingerprint density at radius 3 is 2.14 bits per heavy atom. The summed E-state index contributed by atoms with van der Waals surface area (Å²) in [7, 11) is 0. The van der Waals surface area contributed by atoms with Gasteiger partial charge in [-0.1, -0.05) is 90.2 Å². The number of allylic oxidation sites excluding steroid dienone is 1. The number of unbranched alkanes of at least 4 members (excludes halogenated alkanes) is 10. The van der Waals surface area contributed by atoms with Gasteiger partial charge in [-0.05, 0) is 12.8 Å². The van der Waals surface area contributed by atoms with Crippen molar-refractivity contribution in [2.24, 2.45) is 0 Å². The number of carbonyl (C=O) groups excluding carboxylic acids is 1. The van der Waals surface area contributed by atoms with E-state index in [0.717, 1.165) is 38.5 Å². The van der Waals surface area contributed by atoms with Crippen LogP contribution in [-0.2, 0) is 14.3 Å². The Morgan fingerprint density at radius 2 is 1.53 bits per heavy atom. The van der Waals surface area contributed by atoms with Crippen LogP contribution in [0.15, 0.2) is 12.2 Å². The van der Waals surface area contributed by atoms with E-state index in [1.165, 1.54) is 38.5 Å². The second-order valence-electron chi connectivity index (χ2n) is 9.84. The lowest BCUT2D eigenvalue weighted by atomic mass is 9.99. The summed E-state index contributed by atoms with van der Waals surface area (Å²) in [6.45, 7) is 3.53. The van der Waals surface area contributed by atoms with Crippen LogP contribution in [-0.4, -0.2) is 87.5 Å². The smallest absolute Gasteiger partial charge is 0.220 e. The molecule has 0 saturated carbocycles. The van der Waals surface area contributed by atoms with E-state index in [-0.39, 0.29) is 12.5 Å². The number of hydrogen-bond donors (Lipinski definition) is 6. The molecule has 0 bridgehead atoms. The number of carbonyl (C=O) groups is 1. The molecular weight excluding hydrogens is 466 g/mol. The highest BCUT2D eigenvalue weighted by atomic mass is 16.7. The van der Waals surface area contributed by atoms with Gasteiger partial charge in [0.15, 0.2) is 6.29 Å². The molecule has 1 saturated heterocycles. The van der Waals surface area contributed by atoms with Crippen LogP contribution in [0.5, 0.6) is 0 Å². The van der Waals surface area contributed by atoms with E-state index in [9.17, 15) is 30.3 Å². The van der Waals surface area contributed by atoms with Crippen molar-refractivity contribution in [1.29, 1.82) is 0 Å². The van der Waals surface area contributed by atoms with E-state index in [0.29, 0.717) is 6.42 Å². The molecule has 0 aromatic rings. The zero-order valence-electron chi connectivity index (χ0n) is 22.3. The average Bonchev–Trinajstić information content (AvgIpc) is 2.87. The maximum Gasteiger partial charge on any atom is 0.220 e. The van der Waals surface area contributed by atoms with Crippen molar-refractivity contribution in [1.82, 2.24) is 5.32 Å². The van der Waals surface area contributed by atoms with Crippen LogP contribution in [0.3, 0.4) is 0 Å². The van der Waals surface area contributed by atoms with Crippen LogP contribution in [0.4, 0.5) is 0 Å². The minimum atomic E-state index is -1.56. The molecule has 1 aliphatic heterocycles. The predicted octanol–water partition coefficient (Wildman–Crippen LogP) is 2.32. The normalized spacial score (nSPS) is 26.2. The van der Waals surface area contributed by atoms with Gasteiger partial charge in [0.1, 0.15) is 24.4 Å². The first-order valence-corrected chi connectivity index (χ1v) is 13.9. The van der Waals surface area contributed by atoms with E-state index in [4.69, 9.17) is 9.47 Å². The molecule has 0 aliphatic carbocycles. The first kappa shape index (κ1) is 33.0. The van der Waals surface area contributed by atoms with E-state index in [2.05, 4.69) is 19.2 Å². The number of amides is 1. The molecule has 1 fully saturated rings.